The zero-order chi connectivity index (χ0) is 12.3. The van der Waals surface area contributed by atoms with E-state index >= 15 is 0 Å². The molecule has 17 heavy (non-hydrogen) atoms. The monoisotopic (exact) mass is 350 g/mol. The molecule has 1 aromatic heterocycles. The van der Waals surface area contributed by atoms with E-state index in [0.717, 1.165) is 25.7 Å². The fourth-order valence-corrected chi connectivity index (χ4v) is 2.46. The minimum absolute atomic E-state index is 0.112. The molecule has 2 rings (SSSR count). The van der Waals surface area contributed by atoms with Gasteiger partial charge in [0.2, 0.25) is 5.88 Å². The number of nitrogens with one attached hydrogen (secondary N) is 1. The molecule has 1 heterocycles. The molecule has 1 aromatic rings. The summed E-state index contributed by atoms with van der Waals surface area (Å²) in [6.45, 7) is 0.257. The van der Waals surface area contributed by atoms with E-state index in [1.807, 2.05) is 22.6 Å². The van der Waals surface area contributed by atoms with Crippen LogP contribution in [0.5, 0.6) is 5.88 Å². The number of nitrogens with zero attached hydrogens (tertiary/aromatic N) is 1. The molecule has 0 atom stereocenters. The van der Waals surface area contributed by atoms with Crippen LogP contribution in [0.15, 0.2) is 11.1 Å². The number of aliphatic hydroxyl groups is 1. The van der Waals surface area contributed by atoms with Crippen molar-refractivity contribution in [3.05, 3.63) is 20.3 Å². The third-order valence-corrected chi connectivity index (χ3v) is 4.05. The van der Waals surface area contributed by atoms with E-state index in [1.54, 1.807) is 0 Å². The summed E-state index contributed by atoms with van der Waals surface area (Å²) < 4.78 is 6.23. The number of halogens is 1. The van der Waals surface area contributed by atoms with Gasteiger partial charge in [0, 0.05) is 6.61 Å². The summed E-state index contributed by atoms with van der Waals surface area (Å²) in [6.07, 6.45) is 5.24. The van der Waals surface area contributed by atoms with Crippen LogP contribution in [0.3, 0.4) is 0 Å². The number of aromatic amines is 1. The lowest BCUT2D eigenvalue weighted by molar-refractivity contribution is 0.0995. The van der Waals surface area contributed by atoms with Gasteiger partial charge in [-0.2, -0.15) is 0 Å². The van der Waals surface area contributed by atoms with Gasteiger partial charge < -0.3 is 14.8 Å². The third kappa shape index (κ3) is 3.19. The van der Waals surface area contributed by atoms with Crippen molar-refractivity contribution < 1.29 is 9.84 Å². The SMILES string of the molecule is O=c1[nH]cnc(OC2CCC(CO)CC2)c1I. The van der Waals surface area contributed by atoms with Crippen molar-refractivity contribution in [2.75, 3.05) is 6.61 Å². The van der Waals surface area contributed by atoms with Crippen LogP contribution in [0.25, 0.3) is 0 Å². The van der Waals surface area contributed by atoms with Crippen LogP contribution in [0.2, 0.25) is 0 Å². The van der Waals surface area contributed by atoms with E-state index in [4.69, 9.17) is 9.84 Å². The van der Waals surface area contributed by atoms with Crippen LogP contribution in [-0.2, 0) is 0 Å². The van der Waals surface area contributed by atoms with Crippen molar-refractivity contribution in [2.24, 2.45) is 5.92 Å². The minimum atomic E-state index is -0.167. The molecule has 1 saturated carbocycles. The second-order valence-electron chi connectivity index (χ2n) is 4.29. The van der Waals surface area contributed by atoms with Crippen molar-refractivity contribution >= 4 is 22.6 Å². The first-order valence-electron chi connectivity index (χ1n) is 5.71. The van der Waals surface area contributed by atoms with Crippen molar-refractivity contribution in [2.45, 2.75) is 31.8 Å². The van der Waals surface area contributed by atoms with Crippen molar-refractivity contribution in [1.82, 2.24) is 9.97 Å². The highest BCUT2D eigenvalue weighted by atomic mass is 127. The van der Waals surface area contributed by atoms with E-state index < -0.39 is 0 Å². The Morgan fingerprint density at radius 3 is 2.82 bits per heavy atom. The van der Waals surface area contributed by atoms with Gasteiger partial charge in [0.05, 0.1) is 6.33 Å². The van der Waals surface area contributed by atoms with Gasteiger partial charge in [0.15, 0.2) is 0 Å². The molecule has 5 nitrogen and oxygen atoms in total. The summed E-state index contributed by atoms with van der Waals surface area (Å²) in [5.41, 5.74) is -0.167. The summed E-state index contributed by atoms with van der Waals surface area (Å²) in [7, 11) is 0. The maximum atomic E-state index is 11.4. The molecule has 1 fully saturated rings. The molecule has 2 N–H and O–H groups in total. The molecule has 0 saturated heterocycles. The molecule has 0 radical (unpaired) electrons. The molecule has 0 aromatic carbocycles. The van der Waals surface area contributed by atoms with E-state index in [-0.39, 0.29) is 18.3 Å². The predicted octanol–water partition coefficient (Wildman–Crippen LogP) is 1.30. The van der Waals surface area contributed by atoms with E-state index in [0.29, 0.717) is 15.4 Å². The van der Waals surface area contributed by atoms with Crippen molar-refractivity contribution in [3.63, 3.8) is 0 Å². The van der Waals surface area contributed by atoms with Gasteiger partial charge in [0.25, 0.3) is 5.56 Å². The molecular formula is C11H15IN2O3. The highest BCUT2D eigenvalue weighted by Gasteiger charge is 2.23. The first-order valence-corrected chi connectivity index (χ1v) is 6.79. The first-order chi connectivity index (χ1) is 8.20. The Kier molecular flexibility index (Phi) is 4.38. The standard InChI is InChI=1S/C11H15IN2O3/c12-9-10(16)13-6-14-11(9)17-8-3-1-7(5-15)2-4-8/h6-8,15H,1-5H2,(H,13,14,16). The molecule has 0 amide bonds. The minimum Gasteiger partial charge on any atom is -0.473 e. The number of hydrogen-bond acceptors (Lipinski definition) is 4. The molecule has 1 aliphatic rings. The van der Waals surface area contributed by atoms with Gasteiger partial charge in [0.1, 0.15) is 9.67 Å². The van der Waals surface area contributed by atoms with Crippen LogP contribution in [0, 0.1) is 9.49 Å². The van der Waals surface area contributed by atoms with E-state index in [1.165, 1.54) is 6.33 Å². The fourth-order valence-electron chi connectivity index (χ4n) is 2.04. The lowest BCUT2D eigenvalue weighted by Gasteiger charge is -2.27. The number of hydrogen-bond donors (Lipinski definition) is 2. The van der Waals surface area contributed by atoms with Crippen LogP contribution in [0.1, 0.15) is 25.7 Å². The smallest absolute Gasteiger partial charge is 0.268 e. The normalized spacial score (nSPS) is 24.6. The van der Waals surface area contributed by atoms with Crippen LogP contribution in [0.4, 0.5) is 0 Å². The summed E-state index contributed by atoms with van der Waals surface area (Å²) >= 11 is 1.94. The Hall–Kier alpha value is -0.630. The molecule has 1 aliphatic carbocycles. The molecule has 6 heteroatoms. The molecular weight excluding hydrogens is 335 g/mol. The Morgan fingerprint density at radius 2 is 2.18 bits per heavy atom. The number of H-pyrrole nitrogens is 1. The third-order valence-electron chi connectivity index (χ3n) is 3.09. The highest BCUT2D eigenvalue weighted by Crippen LogP contribution is 2.27. The summed E-state index contributed by atoms with van der Waals surface area (Å²) in [4.78, 5) is 17.9. The second kappa shape index (κ2) is 5.81. The number of ether oxygens (including phenoxy) is 1. The summed E-state index contributed by atoms with van der Waals surface area (Å²) in [5, 5.41) is 9.05. The average Bonchev–Trinajstić information content (AvgIpc) is 2.36. The Balaban J connectivity index is 1.98. The molecule has 0 aliphatic heterocycles. The zero-order valence-electron chi connectivity index (χ0n) is 9.36. The van der Waals surface area contributed by atoms with Crippen LogP contribution in [-0.4, -0.2) is 27.8 Å². The predicted molar refractivity (Wildman–Crippen MR) is 71.0 cm³/mol. The maximum Gasteiger partial charge on any atom is 0.268 e. The maximum absolute atomic E-state index is 11.4. The van der Waals surface area contributed by atoms with Gasteiger partial charge >= 0.3 is 0 Å². The van der Waals surface area contributed by atoms with Gasteiger partial charge in [-0.3, -0.25) is 4.79 Å². The van der Waals surface area contributed by atoms with Gasteiger partial charge in [-0.05, 0) is 54.2 Å². The van der Waals surface area contributed by atoms with Gasteiger partial charge in [-0.1, -0.05) is 0 Å². The van der Waals surface area contributed by atoms with Gasteiger partial charge in [-0.25, -0.2) is 4.98 Å². The molecule has 0 spiro atoms. The largest absolute Gasteiger partial charge is 0.473 e. The lowest BCUT2D eigenvalue weighted by Crippen LogP contribution is -2.27. The lowest BCUT2D eigenvalue weighted by atomic mass is 9.88. The second-order valence-corrected chi connectivity index (χ2v) is 5.37. The van der Waals surface area contributed by atoms with Crippen molar-refractivity contribution in [3.8, 4) is 5.88 Å². The highest BCUT2D eigenvalue weighted by molar-refractivity contribution is 14.1. The topological polar surface area (TPSA) is 75.2 Å². The Labute approximate surface area is 113 Å². The van der Waals surface area contributed by atoms with Crippen LogP contribution < -0.4 is 10.3 Å². The fraction of sp³-hybridized carbons (Fsp3) is 0.636. The van der Waals surface area contributed by atoms with E-state index in [9.17, 15) is 4.79 Å². The van der Waals surface area contributed by atoms with Crippen molar-refractivity contribution in [1.29, 1.82) is 0 Å². The molecule has 0 unspecified atom stereocenters. The molecule has 94 valence electrons. The Morgan fingerprint density at radius 1 is 1.47 bits per heavy atom. The number of rotatable bonds is 3. The summed E-state index contributed by atoms with van der Waals surface area (Å²) in [6, 6.07) is 0. The number of aromatic nitrogens is 2. The average molecular weight is 350 g/mol. The quantitative estimate of drug-likeness (QED) is 0.806. The van der Waals surface area contributed by atoms with E-state index in [2.05, 4.69) is 9.97 Å². The Bertz CT molecular complexity index is 427. The summed E-state index contributed by atoms with van der Waals surface area (Å²) in [5.74, 6) is 0.822. The van der Waals surface area contributed by atoms with Crippen LogP contribution >= 0.6 is 22.6 Å². The zero-order valence-corrected chi connectivity index (χ0v) is 11.5. The number of aliphatic hydroxyl groups excluding tert-OH is 1. The molecule has 0 bridgehead atoms. The van der Waals surface area contributed by atoms with Gasteiger partial charge in [-0.15, -0.1) is 0 Å². The first kappa shape index (κ1) is 12.8.